The van der Waals surface area contributed by atoms with Gasteiger partial charge in [-0.15, -0.1) is 0 Å². The van der Waals surface area contributed by atoms with Crippen molar-refractivity contribution in [3.05, 3.63) is 72.3 Å². The van der Waals surface area contributed by atoms with Crippen LogP contribution in [0.5, 0.6) is 5.75 Å². The summed E-state index contributed by atoms with van der Waals surface area (Å²) in [4.78, 5) is 42.7. The summed E-state index contributed by atoms with van der Waals surface area (Å²) in [5.74, 6) is -0.308. The fourth-order valence-electron chi connectivity index (χ4n) is 4.55. The van der Waals surface area contributed by atoms with Crippen molar-refractivity contribution in [2.45, 2.75) is 71.2 Å². The molecule has 3 rings (SSSR count). The zero-order valence-electron chi connectivity index (χ0n) is 24.9. The lowest BCUT2D eigenvalue weighted by atomic mass is 9.94. The number of hydrogen-bond donors (Lipinski definition) is 3. The lowest BCUT2D eigenvalue weighted by Gasteiger charge is -2.43. The Morgan fingerprint density at radius 1 is 0.927 bits per heavy atom. The second kappa shape index (κ2) is 13.3. The monoisotopic (exact) mass is 579 g/mol. The molecule has 0 aliphatic carbocycles. The highest BCUT2D eigenvalue weighted by molar-refractivity contribution is 7.98. The molecule has 0 saturated carbocycles. The van der Waals surface area contributed by atoms with Crippen LogP contribution in [0.3, 0.4) is 0 Å². The van der Waals surface area contributed by atoms with Crippen LogP contribution in [0.1, 0.15) is 59.6 Å². The molecule has 2 atom stereocenters. The standard InChI is InChI=1S/C32H41N3O5S/c1-31(2,3)35(29(38)26(17-18-41-7)34-30(39)40-32(4,5)6)27(23-13-10-14-25(36)20-23)28(37)33-24-16-15-21-11-8-9-12-22(21)19-24/h8-16,19-20,26-27,36H,17-18H2,1-7H3,(H,33,37)(H,34,39). The van der Waals surface area contributed by atoms with E-state index in [1.807, 2.05) is 69.5 Å². The third-order valence-corrected chi connectivity index (χ3v) is 6.91. The number of fused-ring (bicyclic) bond motifs is 1. The van der Waals surface area contributed by atoms with Crippen LogP contribution < -0.4 is 10.6 Å². The summed E-state index contributed by atoms with van der Waals surface area (Å²) >= 11 is 1.55. The number of carbonyl (C=O) groups excluding carboxylic acids is 3. The Labute approximate surface area is 246 Å². The lowest BCUT2D eigenvalue weighted by molar-refractivity contribution is -0.146. The van der Waals surface area contributed by atoms with Crippen LogP contribution in [-0.2, 0) is 14.3 Å². The van der Waals surface area contributed by atoms with Crippen molar-refractivity contribution in [2.75, 3.05) is 17.3 Å². The zero-order chi connectivity index (χ0) is 30.4. The lowest BCUT2D eigenvalue weighted by Crippen LogP contribution is -2.58. The molecule has 0 radical (unpaired) electrons. The summed E-state index contributed by atoms with van der Waals surface area (Å²) in [5.41, 5.74) is -0.579. The van der Waals surface area contributed by atoms with E-state index in [-0.39, 0.29) is 5.75 Å². The molecular formula is C32H41N3O5S. The summed E-state index contributed by atoms with van der Waals surface area (Å²) in [7, 11) is 0. The quantitative estimate of drug-likeness (QED) is 0.267. The summed E-state index contributed by atoms with van der Waals surface area (Å²) in [6, 6.07) is 17.7. The summed E-state index contributed by atoms with van der Waals surface area (Å²) < 4.78 is 5.45. The molecule has 0 aliphatic rings. The number of thioether (sulfide) groups is 1. The third kappa shape index (κ3) is 8.88. The van der Waals surface area contributed by atoms with Crippen LogP contribution >= 0.6 is 11.8 Å². The van der Waals surface area contributed by atoms with Crippen molar-refractivity contribution in [3.8, 4) is 5.75 Å². The SMILES string of the molecule is CSCCC(NC(=O)OC(C)(C)C)C(=O)N(C(C(=O)Nc1ccc2ccccc2c1)c1cccc(O)c1)C(C)(C)C. The van der Waals surface area contributed by atoms with Crippen LogP contribution in [-0.4, -0.2) is 57.1 Å². The van der Waals surface area contributed by atoms with Crippen molar-refractivity contribution >= 4 is 46.1 Å². The van der Waals surface area contributed by atoms with E-state index in [2.05, 4.69) is 10.6 Å². The van der Waals surface area contributed by atoms with Gasteiger partial charge < -0.3 is 25.4 Å². The Hall–Kier alpha value is -3.72. The van der Waals surface area contributed by atoms with Crippen molar-refractivity contribution in [1.29, 1.82) is 0 Å². The molecule has 0 heterocycles. The second-order valence-corrected chi connectivity index (χ2v) is 12.9. The molecule has 8 nitrogen and oxygen atoms in total. The first kappa shape index (κ1) is 31.8. The molecule has 0 spiro atoms. The van der Waals surface area contributed by atoms with Gasteiger partial charge >= 0.3 is 6.09 Å². The maximum absolute atomic E-state index is 14.3. The third-order valence-electron chi connectivity index (χ3n) is 6.27. The van der Waals surface area contributed by atoms with E-state index in [0.717, 1.165) is 10.8 Å². The molecule has 3 N–H and O–H groups in total. The van der Waals surface area contributed by atoms with Crippen molar-refractivity contribution in [2.24, 2.45) is 0 Å². The van der Waals surface area contributed by atoms with Crippen LogP contribution in [0.2, 0.25) is 0 Å². The van der Waals surface area contributed by atoms with E-state index >= 15 is 0 Å². The molecule has 0 bridgehead atoms. The number of rotatable bonds is 9. The van der Waals surface area contributed by atoms with Gasteiger partial charge in [0, 0.05) is 11.2 Å². The van der Waals surface area contributed by atoms with Gasteiger partial charge in [-0.2, -0.15) is 11.8 Å². The van der Waals surface area contributed by atoms with Gasteiger partial charge in [-0.1, -0.05) is 42.5 Å². The van der Waals surface area contributed by atoms with Crippen LogP contribution in [0, 0.1) is 0 Å². The van der Waals surface area contributed by atoms with E-state index in [1.54, 1.807) is 44.7 Å². The fraction of sp³-hybridized carbons (Fsp3) is 0.406. The Kier molecular flexibility index (Phi) is 10.3. The minimum Gasteiger partial charge on any atom is -0.508 e. The first-order valence-corrected chi connectivity index (χ1v) is 15.0. The number of anilines is 1. The Morgan fingerprint density at radius 3 is 2.22 bits per heavy atom. The van der Waals surface area contributed by atoms with Crippen LogP contribution in [0.4, 0.5) is 10.5 Å². The number of carbonyl (C=O) groups is 3. The molecule has 0 saturated heterocycles. The second-order valence-electron chi connectivity index (χ2n) is 11.9. The van der Waals surface area contributed by atoms with Crippen LogP contribution in [0.25, 0.3) is 10.8 Å². The number of benzene rings is 3. The number of amides is 3. The van der Waals surface area contributed by atoms with E-state index < -0.39 is 41.1 Å². The maximum Gasteiger partial charge on any atom is 0.408 e. The first-order valence-electron chi connectivity index (χ1n) is 13.6. The Bertz CT molecular complexity index is 1380. The molecule has 3 amide bonds. The number of phenols is 1. The normalized spacial score (nSPS) is 13.2. The smallest absolute Gasteiger partial charge is 0.408 e. The van der Waals surface area contributed by atoms with Gasteiger partial charge in [-0.05, 0) is 101 Å². The Morgan fingerprint density at radius 2 is 1.61 bits per heavy atom. The van der Waals surface area contributed by atoms with Gasteiger partial charge in [0.15, 0.2) is 0 Å². The summed E-state index contributed by atoms with van der Waals surface area (Å²) in [5, 5.41) is 18.0. The number of hydrogen-bond acceptors (Lipinski definition) is 6. The van der Waals surface area contributed by atoms with E-state index in [1.165, 1.54) is 17.0 Å². The van der Waals surface area contributed by atoms with Gasteiger partial charge in [-0.25, -0.2) is 4.79 Å². The molecule has 3 aromatic carbocycles. The topological polar surface area (TPSA) is 108 Å². The average molecular weight is 580 g/mol. The molecule has 2 unspecified atom stereocenters. The van der Waals surface area contributed by atoms with Gasteiger partial charge in [0.1, 0.15) is 23.4 Å². The van der Waals surface area contributed by atoms with E-state index in [9.17, 15) is 19.5 Å². The maximum atomic E-state index is 14.3. The van der Waals surface area contributed by atoms with Crippen molar-refractivity contribution in [3.63, 3.8) is 0 Å². The largest absolute Gasteiger partial charge is 0.508 e. The zero-order valence-corrected chi connectivity index (χ0v) is 25.7. The van der Waals surface area contributed by atoms with E-state index in [0.29, 0.717) is 23.4 Å². The van der Waals surface area contributed by atoms with Gasteiger partial charge in [0.25, 0.3) is 5.91 Å². The predicted molar refractivity (Wildman–Crippen MR) is 166 cm³/mol. The average Bonchev–Trinajstić information content (AvgIpc) is 2.87. The van der Waals surface area contributed by atoms with Crippen molar-refractivity contribution < 1.29 is 24.2 Å². The number of aromatic hydroxyl groups is 1. The highest BCUT2D eigenvalue weighted by Crippen LogP contribution is 2.33. The number of phenolic OH excluding ortho intramolecular Hbond substituents is 1. The number of alkyl carbamates (subject to hydrolysis) is 1. The highest BCUT2D eigenvalue weighted by Gasteiger charge is 2.42. The van der Waals surface area contributed by atoms with Gasteiger partial charge in [-0.3, -0.25) is 9.59 Å². The number of nitrogens with zero attached hydrogens (tertiary/aromatic N) is 1. The highest BCUT2D eigenvalue weighted by atomic mass is 32.2. The van der Waals surface area contributed by atoms with Crippen molar-refractivity contribution in [1.82, 2.24) is 10.2 Å². The Balaban J connectivity index is 2.05. The number of nitrogens with one attached hydrogen (secondary N) is 2. The summed E-state index contributed by atoms with van der Waals surface area (Å²) in [6.45, 7) is 10.8. The summed E-state index contributed by atoms with van der Waals surface area (Å²) in [6.07, 6.45) is 1.55. The predicted octanol–water partition coefficient (Wildman–Crippen LogP) is 6.50. The minimum absolute atomic E-state index is 0.0295. The molecule has 0 fully saturated rings. The molecule has 0 aromatic heterocycles. The first-order chi connectivity index (χ1) is 19.2. The van der Waals surface area contributed by atoms with Gasteiger partial charge in [0.2, 0.25) is 5.91 Å². The molecular weight excluding hydrogens is 538 g/mol. The number of ether oxygens (including phenoxy) is 1. The molecule has 9 heteroatoms. The fourth-order valence-corrected chi connectivity index (χ4v) is 5.02. The van der Waals surface area contributed by atoms with E-state index in [4.69, 9.17) is 4.74 Å². The molecule has 41 heavy (non-hydrogen) atoms. The van der Waals surface area contributed by atoms with Crippen LogP contribution in [0.15, 0.2) is 66.7 Å². The minimum atomic E-state index is -1.11. The molecule has 220 valence electrons. The molecule has 3 aromatic rings. The molecule has 0 aliphatic heterocycles. The van der Waals surface area contributed by atoms with Gasteiger partial charge in [0.05, 0.1) is 0 Å².